The minimum Gasteiger partial charge on any atom is -0.481 e. The molecule has 4 atom stereocenters. The third-order valence-corrected chi connectivity index (χ3v) is 5.21. The molecule has 1 rings (SSSR count). The van der Waals surface area contributed by atoms with Gasteiger partial charge in [-0.25, -0.2) is 9.78 Å². The number of nitrogens with one attached hydrogen (secondary N) is 4. The van der Waals surface area contributed by atoms with Gasteiger partial charge in [-0.1, -0.05) is 0 Å². The first-order valence-corrected chi connectivity index (χ1v) is 11.5. The van der Waals surface area contributed by atoms with Gasteiger partial charge in [-0.15, -0.1) is 0 Å². The summed E-state index contributed by atoms with van der Waals surface area (Å²) in [5, 5.41) is 25.0. The lowest BCUT2D eigenvalue weighted by atomic mass is 10.0. The van der Waals surface area contributed by atoms with Crippen LogP contribution >= 0.6 is 0 Å². The number of imidazole rings is 1. The number of aliphatic carboxylic acids is 2. The molecule has 0 fully saturated rings. The van der Waals surface area contributed by atoms with Crippen molar-refractivity contribution >= 4 is 35.6 Å². The van der Waals surface area contributed by atoms with Gasteiger partial charge in [0.1, 0.15) is 18.1 Å². The second-order valence-electron chi connectivity index (χ2n) is 8.30. The van der Waals surface area contributed by atoms with E-state index in [0.29, 0.717) is 25.1 Å². The van der Waals surface area contributed by atoms with Crippen LogP contribution in [0.5, 0.6) is 0 Å². The Hall–Kier alpha value is -4.05. The van der Waals surface area contributed by atoms with E-state index in [1.54, 1.807) is 0 Å². The fraction of sp³-hybridized carbons (Fsp3) is 0.571. The predicted molar refractivity (Wildman–Crippen MR) is 127 cm³/mol. The summed E-state index contributed by atoms with van der Waals surface area (Å²) in [5.41, 5.74) is 17.2. The standard InChI is InChI=1S/C21H34N8O8/c22-6-2-1-3-13(27-18(33)12(23)7-11-9-25-10-26-11)19(34)29-15(8-16(24)30)20(35)28-14(21(36)37)4-5-17(31)32/h9-10,12-15H,1-8,22-23H2,(H2,24,30)(H,25,26)(H,27,33)(H,28,35)(H,29,34)(H,31,32)(H,36,37). The third-order valence-electron chi connectivity index (χ3n) is 5.21. The van der Waals surface area contributed by atoms with Gasteiger partial charge in [0.05, 0.1) is 18.8 Å². The summed E-state index contributed by atoms with van der Waals surface area (Å²) in [4.78, 5) is 78.6. The smallest absolute Gasteiger partial charge is 0.326 e. The van der Waals surface area contributed by atoms with E-state index in [0.717, 1.165) is 0 Å². The molecule has 0 aromatic carbocycles. The van der Waals surface area contributed by atoms with Crippen molar-refractivity contribution in [1.29, 1.82) is 0 Å². The zero-order valence-corrected chi connectivity index (χ0v) is 20.1. The number of carboxylic acids is 2. The maximum Gasteiger partial charge on any atom is 0.326 e. The molecule has 12 N–H and O–H groups in total. The van der Waals surface area contributed by atoms with Crippen LogP contribution in [0.1, 0.15) is 44.2 Å². The van der Waals surface area contributed by atoms with Gasteiger partial charge in [0.15, 0.2) is 0 Å². The van der Waals surface area contributed by atoms with E-state index in [1.807, 2.05) is 0 Å². The quantitative estimate of drug-likeness (QED) is 0.0853. The summed E-state index contributed by atoms with van der Waals surface area (Å²) in [7, 11) is 0. The average molecular weight is 527 g/mol. The molecule has 0 aliphatic heterocycles. The highest BCUT2D eigenvalue weighted by atomic mass is 16.4. The molecule has 0 saturated heterocycles. The van der Waals surface area contributed by atoms with Gasteiger partial charge in [0, 0.05) is 24.7 Å². The Labute approximate surface area is 212 Å². The fourth-order valence-electron chi connectivity index (χ4n) is 3.25. The van der Waals surface area contributed by atoms with Crippen LogP contribution in [-0.4, -0.2) is 86.5 Å². The fourth-order valence-corrected chi connectivity index (χ4v) is 3.25. The van der Waals surface area contributed by atoms with Gasteiger partial charge in [-0.2, -0.15) is 0 Å². The molecule has 0 saturated carbocycles. The van der Waals surface area contributed by atoms with Crippen molar-refractivity contribution in [2.75, 3.05) is 6.54 Å². The summed E-state index contributed by atoms with van der Waals surface area (Å²) in [6.45, 7) is 0.335. The second kappa shape index (κ2) is 15.8. The number of nitrogens with zero attached hydrogens (tertiary/aromatic N) is 1. The number of primary amides is 1. The van der Waals surface area contributed by atoms with Crippen molar-refractivity contribution in [2.24, 2.45) is 17.2 Å². The first-order chi connectivity index (χ1) is 17.4. The Morgan fingerprint density at radius 2 is 1.54 bits per heavy atom. The van der Waals surface area contributed by atoms with Crippen LogP contribution in [0.3, 0.4) is 0 Å². The van der Waals surface area contributed by atoms with E-state index in [-0.39, 0.29) is 12.8 Å². The first-order valence-electron chi connectivity index (χ1n) is 11.5. The Morgan fingerprint density at radius 1 is 0.919 bits per heavy atom. The number of H-pyrrole nitrogens is 1. The van der Waals surface area contributed by atoms with Crippen LogP contribution in [-0.2, 0) is 35.2 Å². The second-order valence-corrected chi connectivity index (χ2v) is 8.30. The molecule has 4 unspecified atom stereocenters. The molecular formula is C21H34N8O8. The minimum atomic E-state index is -1.59. The largest absolute Gasteiger partial charge is 0.481 e. The average Bonchev–Trinajstić information content (AvgIpc) is 3.32. The molecule has 0 bridgehead atoms. The van der Waals surface area contributed by atoms with Gasteiger partial charge < -0.3 is 48.3 Å². The van der Waals surface area contributed by atoms with Crippen molar-refractivity contribution < 1.29 is 39.0 Å². The maximum absolute atomic E-state index is 13.0. The van der Waals surface area contributed by atoms with Gasteiger partial charge in [0.2, 0.25) is 23.6 Å². The van der Waals surface area contributed by atoms with Crippen LogP contribution in [0.2, 0.25) is 0 Å². The van der Waals surface area contributed by atoms with Crippen molar-refractivity contribution in [3.63, 3.8) is 0 Å². The monoisotopic (exact) mass is 526 g/mol. The van der Waals surface area contributed by atoms with Crippen LogP contribution < -0.4 is 33.2 Å². The van der Waals surface area contributed by atoms with Crippen molar-refractivity contribution in [2.45, 2.75) is 69.1 Å². The molecule has 37 heavy (non-hydrogen) atoms. The molecule has 1 heterocycles. The number of hydrogen-bond acceptors (Lipinski definition) is 9. The van der Waals surface area contributed by atoms with Gasteiger partial charge >= 0.3 is 11.9 Å². The molecule has 0 aliphatic carbocycles. The highest BCUT2D eigenvalue weighted by Gasteiger charge is 2.31. The minimum absolute atomic E-state index is 0.114. The van der Waals surface area contributed by atoms with Crippen molar-refractivity contribution in [3.05, 3.63) is 18.2 Å². The first kappa shape index (κ1) is 31.0. The number of unbranched alkanes of at least 4 members (excludes halogenated alkanes) is 1. The number of carboxylic acid groups (broad SMARTS) is 2. The number of carbonyl (C=O) groups is 6. The Morgan fingerprint density at radius 3 is 2.08 bits per heavy atom. The highest BCUT2D eigenvalue weighted by Crippen LogP contribution is 2.06. The molecule has 0 spiro atoms. The molecule has 1 aromatic heterocycles. The molecule has 16 nitrogen and oxygen atoms in total. The molecule has 4 amide bonds. The summed E-state index contributed by atoms with van der Waals surface area (Å²) in [5.74, 6) is -6.30. The van der Waals surface area contributed by atoms with Gasteiger partial charge in [0.25, 0.3) is 0 Å². The summed E-state index contributed by atoms with van der Waals surface area (Å²) in [6, 6.07) is -5.35. The van der Waals surface area contributed by atoms with Crippen LogP contribution in [0.25, 0.3) is 0 Å². The molecule has 0 aliphatic rings. The Balaban J connectivity index is 2.96. The number of amides is 4. The summed E-state index contributed by atoms with van der Waals surface area (Å²) < 4.78 is 0. The number of carbonyl (C=O) groups excluding carboxylic acids is 4. The SMILES string of the molecule is NCCCCC(NC(=O)C(N)Cc1cnc[nH]1)C(=O)NC(CC(N)=O)C(=O)NC(CCC(=O)O)C(=O)O. The third kappa shape index (κ3) is 12.0. The molecule has 206 valence electrons. The van der Waals surface area contributed by atoms with E-state index >= 15 is 0 Å². The Bertz CT molecular complexity index is 939. The Kier molecular flexibility index (Phi) is 13.3. The number of aromatic nitrogens is 2. The highest BCUT2D eigenvalue weighted by molar-refractivity contribution is 5.96. The number of aromatic amines is 1. The molecular weight excluding hydrogens is 492 g/mol. The van der Waals surface area contributed by atoms with Gasteiger partial charge in [-0.3, -0.25) is 24.0 Å². The van der Waals surface area contributed by atoms with E-state index in [9.17, 15) is 33.9 Å². The molecule has 0 radical (unpaired) electrons. The maximum atomic E-state index is 13.0. The zero-order valence-electron chi connectivity index (χ0n) is 20.1. The lowest BCUT2D eigenvalue weighted by Crippen LogP contribution is -2.58. The summed E-state index contributed by atoms with van der Waals surface area (Å²) in [6.07, 6.45) is 2.48. The molecule has 1 aromatic rings. The lowest BCUT2D eigenvalue weighted by molar-refractivity contribution is -0.143. The van der Waals surface area contributed by atoms with E-state index in [1.165, 1.54) is 12.5 Å². The van der Waals surface area contributed by atoms with E-state index in [4.69, 9.17) is 22.3 Å². The van der Waals surface area contributed by atoms with Crippen LogP contribution in [0, 0.1) is 0 Å². The van der Waals surface area contributed by atoms with Crippen LogP contribution in [0.15, 0.2) is 12.5 Å². The van der Waals surface area contributed by atoms with E-state index in [2.05, 4.69) is 25.9 Å². The number of nitrogens with two attached hydrogens (primary N) is 3. The summed E-state index contributed by atoms with van der Waals surface area (Å²) >= 11 is 0. The number of rotatable bonds is 18. The lowest BCUT2D eigenvalue weighted by Gasteiger charge is -2.24. The predicted octanol–water partition coefficient (Wildman–Crippen LogP) is -3.31. The van der Waals surface area contributed by atoms with Gasteiger partial charge in [-0.05, 0) is 32.2 Å². The number of hydrogen-bond donors (Lipinski definition) is 9. The van der Waals surface area contributed by atoms with Crippen molar-refractivity contribution in [1.82, 2.24) is 25.9 Å². The topological polar surface area (TPSA) is 286 Å². The molecule has 16 heteroatoms. The van der Waals surface area contributed by atoms with E-state index < -0.39 is 79.0 Å². The van der Waals surface area contributed by atoms with Crippen LogP contribution in [0.4, 0.5) is 0 Å². The normalized spacial score (nSPS) is 14.0. The van der Waals surface area contributed by atoms with Crippen molar-refractivity contribution in [3.8, 4) is 0 Å². The zero-order chi connectivity index (χ0) is 28.0.